The van der Waals surface area contributed by atoms with E-state index in [1.807, 2.05) is 0 Å². The fourth-order valence-corrected chi connectivity index (χ4v) is 81.7. The quantitative estimate of drug-likeness (QED) is 0.165. The van der Waals surface area contributed by atoms with Crippen molar-refractivity contribution in [2.75, 3.05) is 0 Å². The molecule has 0 amide bonds. The van der Waals surface area contributed by atoms with Gasteiger partial charge in [-0.25, -0.2) is 28.1 Å². The second kappa shape index (κ2) is 16.8. The maximum absolute atomic E-state index is 8.24. The van der Waals surface area contributed by atoms with Crippen LogP contribution in [0, 0.1) is 0 Å². The van der Waals surface area contributed by atoms with Crippen LogP contribution in [0.25, 0.3) is 0 Å². The first kappa shape index (κ1) is 49.4. The first-order chi connectivity index (χ1) is 24.5. The molecule has 2 aliphatic rings. The van der Waals surface area contributed by atoms with Crippen LogP contribution in [0.2, 0.25) is 10.6 Å². The molecular formula is C44H86B4Cl2P4. The van der Waals surface area contributed by atoms with Crippen LogP contribution in [-0.4, -0.2) is 67.6 Å². The van der Waals surface area contributed by atoms with Crippen LogP contribution >= 0.6 is 51.0 Å². The molecule has 0 bridgehead atoms. The van der Waals surface area contributed by atoms with Gasteiger partial charge in [0.25, 0.3) is 12.3 Å². The Balaban J connectivity index is 0.000000290. The Labute approximate surface area is 351 Å². The Bertz CT molecular complexity index is 1330. The molecule has 0 saturated carbocycles. The van der Waals surface area contributed by atoms with Gasteiger partial charge in [-0.1, -0.05) is 113 Å². The van der Waals surface area contributed by atoms with Crippen molar-refractivity contribution in [1.29, 1.82) is 0 Å². The van der Waals surface area contributed by atoms with E-state index in [0.717, 1.165) is 0 Å². The van der Waals surface area contributed by atoms with Crippen molar-refractivity contribution in [3.8, 4) is 0 Å². The summed E-state index contributed by atoms with van der Waals surface area (Å²) in [4.78, 5) is 0. The zero-order valence-electron chi connectivity index (χ0n) is 39.5. The van der Waals surface area contributed by atoms with Crippen LogP contribution < -0.4 is 10.9 Å². The lowest BCUT2D eigenvalue weighted by Gasteiger charge is -2.84. The van der Waals surface area contributed by atoms with Gasteiger partial charge in [0.15, 0.2) is 0 Å². The summed E-state index contributed by atoms with van der Waals surface area (Å²) in [5, 5.41) is -1.47. The molecule has 0 nitrogen and oxygen atoms in total. The third-order valence-electron chi connectivity index (χ3n) is 16.9. The molecule has 54 heavy (non-hydrogen) atoms. The molecule has 4 rings (SSSR count). The van der Waals surface area contributed by atoms with Gasteiger partial charge in [-0.2, -0.15) is 0 Å². The largest absolute Gasteiger partial charge is 0.328 e. The summed E-state index contributed by atoms with van der Waals surface area (Å²) >= 11 is 16.5. The summed E-state index contributed by atoms with van der Waals surface area (Å²) in [6, 6.07) is 23.2. The molecule has 10 heteroatoms. The second-order valence-corrected chi connectivity index (χ2v) is 48.9. The number of hydrogen-bond donors (Lipinski definition) is 0. The van der Waals surface area contributed by atoms with Crippen LogP contribution in [0.3, 0.4) is 0 Å². The average Bonchev–Trinajstić information content (AvgIpc) is 3.01. The van der Waals surface area contributed by atoms with E-state index in [-0.39, 0.29) is 10.6 Å². The molecule has 0 radical (unpaired) electrons. The summed E-state index contributed by atoms with van der Waals surface area (Å²) in [6.07, 6.45) is -0.870. The van der Waals surface area contributed by atoms with Crippen molar-refractivity contribution in [1.82, 2.24) is 0 Å². The predicted octanol–water partition coefficient (Wildman–Crippen LogP) is 15.5. The first-order valence-corrected chi connectivity index (χ1v) is 31.7. The van der Waals surface area contributed by atoms with Gasteiger partial charge in [-0.15, -0.1) is 10.9 Å². The van der Waals surface area contributed by atoms with Crippen LogP contribution in [-0.2, 0) is 0 Å². The Morgan fingerprint density at radius 1 is 0.370 bits per heavy atom. The van der Waals surface area contributed by atoms with Crippen molar-refractivity contribution in [3.05, 3.63) is 60.7 Å². The van der Waals surface area contributed by atoms with E-state index in [0.29, 0.717) is 45.3 Å². The summed E-state index contributed by atoms with van der Waals surface area (Å²) in [7, 11) is -5.43. The standard InChI is InChI=1S/2C22H43B2ClP2/c2*1-17(2)26(18(3)4)23(21-15-13-12-14-16-21)27(19(5)6,20(7)8)24(26,25)22(9,10)11/h2*12-20,23H,1-11H3. The Morgan fingerprint density at radius 2 is 0.537 bits per heavy atom. The van der Waals surface area contributed by atoms with Crippen LogP contribution in [0.1, 0.15) is 152 Å². The van der Waals surface area contributed by atoms with E-state index in [1.54, 1.807) is 10.9 Å². The number of benzene rings is 2. The van der Waals surface area contributed by atoms with Crippen molar-refractivity contribution >= 4 is 84.2 Å². The number of hydrogen-bond acceptors (Lipinski definition) is 0. The van der Waals surface area contributed by atoms with Crippen molar-refractivity contribution in [2.45, 2.75) is 208 Å². The summed E-state index contributed by atoms with van der Waals surface area (Å²) in [5.41, 5.74) is 9.01. The zero-order chi connectivity index (χ0) is 42.0. The highest BCUT2D eigenvalue weighted by Crippen LogP contribution is 3.10. The zero-order valence-corrected chi connectivity index (χ0v) is 44.6. The van der Waals surface area contributed by atoms with Crippen molar-refractivity contribution in [3.63, 3.8) is 0 Å². The van der Waals surface area contributed by atoms with Gasteiger partial charge >= 0.3 is 10.0 Å². The molecule has 2 aromatic rings. The average molecular weight is 853 g/mol. The van der Waals surface area contributed by atoms with Gasteiger partial charge in [-0.05, 0) is 156 Å². The molecule has 2 heterocycles. The summed E-state index contributed by atoms with van der Waals surface area (Å²) in [6.45, 7) is 55.0. The minimum Gasteiger partial charge on any atom is -0.294 e. The molecule has 0 aliphatic carbocycles. The van der Waals surface area contributed by atoms with E-state index < -0.39 is 50.4 Å². The molecule has 0 N–H and O–H groups in total. The van der Waals surface area contributed by atoms with Gasteiger partial charge < -0.3 is 0 Å². The molecule has 308 valence electrons. The third-order valence-corrected chi connectivity index (χ3v) is 62.8. The highest BCUT2D eigenvalue weighted by Gasteiger charge is 2.87. The molecule has 2 fully saturated rings. The lowest BCUT2D eigenvalue weighted by Crippen LogP contribution is -2.72. The van der Waals surface area contributed by atoms with E-state index >= 15 is 0 Å². The Morgan fingerprint density at radius 3 is 0.667 bits per heavy atom. The maximum atomic E-state index is 8.24. The molecule has 0 atom stereocenters. The lowest BCUT2D eigenvalue weighted by atomic mass is 9.69. The van der Waals surface area contributed by atoms with E-state index in [4.69, 9.17) is 22.9 Å². The normalized spacial score (nSPS) is 27.5. The Kier molecular flexibility index (Phi) is 15.4. The van der Waals surface area contributed by atoms with E-state index in [2.05, 4.69) is 213 Å². The van der Waals surface area contributed by atoms with Gasteiger partial charge in [0.2, 0.25) is 0 Å². The molecule has 2 aliphatic heterocycles. The molecule has 0 spiro atoms. The Hall–Kier alpha value is 1.000. The summed E-state index contributed by atoms with van der Waals surface area (Å²) in [5.74, 6) is 0. The maximum Gasteiger partial charge on any atom is 0.328 e. The highest BCUT2D eigenvalue weighted by molar-refractivity contribution is 8.79. The minimum absolute atomic E-state index is 0.185. The fraction of sp³-hybridized carbons (Fsp3) is 0.727. The molecule has 2 saturated heterocycles. The van der Waals surface area contributed by atoms with Gasteiger partial charge in [0, 0.05) is 0 Å². The van der Waals surface area contributed by atoms with E-state index in [1.165, 1.54) is 0 Å². The topological polar surface area (TPSA) is 0 Å². The van der Waals surface area contributed by atoms with Crippen molar-refractivity contribution < 1.29 is 0 Å². The van der Waals surface area contributed by atoms with Crippen molar-refractivity contribution in [2.24, 2.45) is 0 Å². The van der Waals surface area contributed by atoms with Crippen LogP contribution in [0.15, 0.2) is 60.7 Å². The fourth-order valence-electron chi connectivity index (χ4n) is 16.2. The van der Waals surface area contributed by atoms with E-state index in [9.17, 15) is 0 Å². The predicted molar refractivity (Wildman–Crippen MR) is 278 cm³/mol. The van der Waals surface area contributed by atoms with Gasteiger partial charge in [0.05, 0.1) is 0 Å². The third kappa shape index (κ3) is 6.29. The van der Waals surface area contributed by atoms with Crippen LogP contribution in [0.4, 0.5) is 0 Å². The first-order valence-electron chi connectivity index (χ1n) is 22.1. The number of rotatable bonds is 10. The monoisotopic (exact) mass is 853 g/mol. The molecule has 0 unspecified atom stereocenters. The SMILES string of the molecule is CC(C)[P+]1(C(C)C)[BH-](c2ccccc2)[P+](C(C)C)(C(C)C)[B-]1(Cl)C(C)(C)C.CC(C)[P+]1(C(C)C)[BH-](c2ccccc2)[P+](C(C)C)(C(C)C)[B-]1(Cl)C(C)(C)C. The molecular weight excluding hydrogens is 767 g/mol. The number of halogens is 2. The summed E-state index contributed by atoms with van der Waals surface area (Å²) < 4.78 is 0. The smallest absolute Gasteiger partial charge is 0.294 e. The highest BCUT2D eigenvalue weighted by atomic mass is 35.5. The minimum atomic E-state index is -1.36. The van der Waals surface area contributed by atoms with Gasteiger partial charge in [0.1, 0.15) is 0 Å². The second-order valence-electron chi connectivity index (χ2n) is 22.7. The van der Waals surface area contributed by atoms with Crippen LogP contribution in [0.5, 0.6) is 0 Å². The van der Waals surface area contributed by atoms with Gasteiger partial charge in [-0.3, -0.25) is 22.9 Å². The lowest BCUT2D eigenvalue weighted by molar-refractivity contribution is 0.748. The molecule has 0 aromatic heterocycles. The molecule has 2 aromatic carbocycles.